The van der Waals surface area contributed by atoms with E-state index in [1.807, 2.05) is 6.26 Å². The molecule has 2 nitrogen and oxygen atoms in total. The van der Waals surface area contributed by atoms with Crippen LogP contribution in [0, 0.1) is 0 Å². The first-order valence-electron chi connectivity index (χ1n) is 2.82. The molecule has 0 heterocycles. The number of rotatable bonds is 2. The summed E-state index contributed by atoms with van der Waals surface area (Å²) in [6, 6.07) is 0. The minimum Gasteiger partial charge on any atom is -0.323 e. The van der Waals surface area contributed by atoms with Crippen molar-refractivity contribution in [3.63, 3.8) is 0 Å². The van der Waals surface area contributed by atoms with Gasteiger partial charge in [-0.3, -0.25) is 4.72 Å². The predicted molar refractivity (Wildman–Crippen MR) is 35.5 cm³/mol. The van der Waals surface area contributed by atoms with Crippen LogP contribution >= 0.6 is 11.9 Å². The Morgan fingerprint density at radius 2 is 2.12 bits per heavy atom. The maximum absolute atomic E-state index is 5.78. The third kappa shape index (κ3) is 0.385. The molecule has 0 aromatic heterocycles. The van der Waals surface area contributed by atoms with Gasteiger partial charge in [0.15, 0.2) is 0 Å². The molecule has 0 bridgehead atoms. The van der Waals surface area contributed by atoms with E-state index in [1.165, 1.54) is 12.8 Å². The number of hydrogen-bond donors (Lipinski definition) is 2. The first kappa shape index (κ1) is 5.09. The van der Waals surface area contributed by atoms with Gasteiger partial charge in [0.05, 0.1) is 0 Å². The fourth-order valence-electron chi connectivity index (χ4n) is 1.31. The average molecular weight is 130 g/mol. The van der Waals surface area contributed by atoms with Gasteiger partial charge in [0.25, 0.3) is 0 Å². The van der Waals surface area contributed by atoms with Crippen LogP contribution in [0.15, 0.2) is 0 Å². The Hall–Kier alpha value is 0.270. The molecule has 3 N–H and O–H groups in total. The highest BCUT2D eigenvalue weighted by molar-refractivity contribution is 7.96. The van der Waals surface area contributed by atoms with Crippen LogP contribution in [0.5, 0.6) is 0 Å². The van der Waals surface area contributed by atoms with Crippen molar-refractivity contribution < 1.29 is 0 Å². The molecule has 0 radical (unpaired) electrons. The molecule has 0 aromatic carbocycles. The van der Waals surface area contributed by atoms with Crippen molar-refractivity contribution in [2.45, 2.75) is 23.9 Å². The van der Waals surface area contributed by atoms with Crippen LogP contribution in [0.2, 0.25) is 0 Å². The lowest BCUT2D eigenvalue weighted by Gasteiger charge is -1.97. The number of nitrogens with two attached hydrogens (primary N) is 1. The molecule has 46 valence electrons. The first-order valence-corrected chi connectivity index (χ1v) is 4.04. The van der Waals surface area contributed by atoms with Gasteiger partial charge in [-0.25, -0.2) is 0 Å². The lowest BCUT2D eigenvalue weighted by Crippen LogP contribution is -2.15. The fourth-order valence-corrected chi connectivity index (χ4v) is 2.04. The molecule has 2 saturated carbocycles. The molecule has 0 amide bonds. The number of nitrogens with one attached hydrogen (secondary N) is 1. The van der Waals surface area contributed by atoms with Gasteiger partial charge in [0.2, 0.25) is 0 Å². The SMILES string of the molecule is CSNC12CC1(N)C2. The molecule has 0 aromatic rings. The molecule has 8 heavy (non-hydrogen) atoms. The molecule has 2 fully saturated rings. The zero-order valence-corrected chi connectivity index (χ0v) is 5.72. The monoisotopic (exact) mass is 130 g/mol. The van der Waals surface area contributed by atoms with Crippen molar-refractivity contribution in [3.05, 3.63) is 0 Å². The molecule has 0 spiro atoms. The van der Waals surface area contributed by atoms with Crippen LogP contribution in [-0.4, -0.2) is 17.3 Å². The summed E-state index contributed by atoms with van der Waals surface area (Å²) >= 11 is 1.68. The predicted octanol–water partition coefficient (Wildman–Crippen LogP) is 0.0977. The summed E-state index contributed by atoms with van der Waals surface area (Å²) in [5.41, 5.74) is 6.41. The molecular weight excluding hydrogens is 120 g/mol. The topological polar surface area (TPSA) is 38.0 Å². The highest BCUT2D eigenvalue weighted by Gasteiger charge is 2.81. The largest absolute Gasteiger partial charge is 0.323 e. The van der Waals surface area contributed by atoms with Gasteiger partial charge in [0, 0.05) is 11.1 Å². The average Bonchev–Trinajstić information content (AvgIpc) is 2.25. The maximum Gasteiger partial charge on any atom is 0.0499 e. The summed E-state index contributed by atoms with van der Waals surface area (Å²) in [4.78, 5) is 0. The quantitative estimate of drug-likeness (QED) is 0.521. The van der Waals surface area contributed by atoms with E-state index in [2.05, 4.69) is 4.72 Å². The zero-order chi connectivity index (χ0) is 5.83. The van der Waals surface area contributed by atoms with Gasteiger partial charge < -0.3 is 5.73 Å². The van der Waals surface area contributed by atoms with E-state index in [4.69, 9.17) is 5.73 Å². The van der Waals surface area contributed by atoms with E-state index in [9.17, 15) is 0 Å². The molecule has 3 heteroatoms. The van der Waals surface area contributed by atoms with Crippen molar-refractivity contribution in [2.75, 3.05) is 6.26 Å². The van der Waals surface area contributed by atoms with Crippen LogP contribution in [0.4, 0.5) is 0 Å². The van der Waals surface area contributed by atoms with Crippen LogP contribution in [0.3, 0.4) is 0 Å². The molecule has 0 atom stereocenters. The minimum absolute atomic E-state index is 0.232. The molecule has 2 aliphatic carbocycles. The molecular formula is C5H10N2S. The van der Waals surface area contributed by atoms with Gasteiger partial charge in [-0.2, -0.15) is 0 Å². The van der Waals surface area contributed by atoms with E-state index in [1.54, 1.807) is 11.9 Å². The van der Waals surface area contributed by atoms with E-state index in [0.29, 0.717) is 5.54 Å². The normalized spacial score (nSPS) is 57.8. The maximum atomic E-state index is 5.78. The summed E-state index contributed by atoms with van der Waals surface area (Å²) in [6.45, 7) is 0. The van der Waals surface area contributed by atoms with Gasteiger partial charge in [0.1, 0.15) is 0 Å². The third-order valence-electron chi connectivity index (χ3n) is 2.23. The Morgan fingerprint density at radius 3 is 2.25 bits per heavy atom. The molecule has 0 unspecified atom stereocenters. The van der Waals surface area contributed by atoms with Crippen molar-refractivity contribution in [1.29, 1.82) is 0 Å². The van der Waals surface area contributed by atoms with E-state index in [0.717, 1.165) is 0 Å². The number of hydrogen-bond acceptors (Lipinski definition) is 3. The van der Waals surface area contributed by atoms with Crippen molar-refractivity contribution in [1.82, 2.24) is 4.72 Å². The lowest BCUT2D eigenvalue weighted by molar-refractivity contribution is 0.737. The second-order valence-electron chi connectivity index (χ2n) is 2.90. The second kappa shape index (κ2) is 1.08. The highest BCUT2D eigenvalue weighted by atomic mass is 32.2. The minimum atomic E-state index is 0.232. The van der Waals surface area contributed by atoms with E-state index >= 15 is 0 Å². The summed E-state index contributed by atoms with van der Waals surface area (Å²) in [6.07, 6.45) is 4.44. The van der Waals surface area contributed by atoms with E-state index < -0.39 is 0 Å². The van der Waals surface area contributed by atoms with Gasteiger partial charge >= 0.3 is 0 Å². The van der Waals surface area contributed by atoms with Crippen LogP contribution in [0.25, 0.3) is 0 Å². The lowest BCUT2D eigenvalue weighted by atomic mass is 10.3. The Morgan fingerprint density at radius 1 is 1.62 bits per heavy atom. The Balaban J connectivity index is 1.94. The summed E-state index contributed by atoms with van der Waals surface area (Å²) in [7, 11) is 0. The first-order chi connectivity index (χ1) is 3.72. The highest BCUT2D eigenvalue weighted by Crippen LogP contribution is 2.69. The molecule has 0 saturated heterocycles. The van der Waals surface area contributed by atoms with Gasteiger partial charge in [-0.15, -0.1) is 0 Å². The summed E-state index contributed by atoms with van der Waals surface area (Å²) in [5.74, 6) is 0. The van der Waals surface area contributed by atoms with Crippen molar-refractivity contribution in [2.24, 2.45) is 5.73 Å². The summed E-state index contributed by atoms with van der Waals surface area (Å²) in [5, 5.41) is 0. The van der Waals surface area contributed by atoms with Crippen molar-refractivity contribution >= 4 is 11.9 Å². The van der Waals surface area contributed by atoms with Crippen LogP contribution in [0.1, 0.15) is 12.8 Å². The zero-order valence-electron chi connectivity index (χ0n) is 4.90. The van der Waals surface area contributed by atoms with Gasteiger partial charge in [-0.05, 0) is 19.1 Å². The Kier molecular flexibility index (Phi) is 0.686. The second-order valence-corrected chi connectivity index (χ2v) is 3.51. The number of fused-ring (bicyclic) bond motifs is 1. The smallest absolute Gasteiger partial charge is 0.0499 e. The van der Waals surface area contributed by atoms with Crippen LogP contribution < -0.4 is 10.5 Å². The fraction of sp³-hybridized carbons (Fsp3) is 1.00. The molecule has 2 aliphatic rings. The third-order valence-corrected chi connectivity index (χ3v) is 2.83. The standard InChI is InChI=1S/C5H10N2S/c1-8-7-5-2-4(5,6)3-5/h7H,2-3,6H2,1H3. The van der Waals surface area contributed by atoms with Gasteiger partial charge in [-0.1, -0.05) is 11.9 Å². The molecule has 0 aliphatic heterocycles. The van der Waals surface area contributed by atoms with Crippen molar-refractivity contribution in [3.8, 4) is 0 Å². The summed E-state index contributed by atoms with van der Waals surface area (Å²) < 4.78 is 3.30. The van der Waals surface area contributed by atoms with Crippen LogP contribution in [-0.2, 0) is 0 Å². The Bertz CT molecular complexity index is 128. The molecule has 2 rings (SSSR count). The Labute approximate surface area is 53.3 Å². The van der Waals surface area contributed by atoms with E-state index in [-0.39, 0.29) is 5.54 Å².